The van der Waals surface area contributed by atoms with Crippen LogP contribution in [0.25, 0.3) is 0 Å². The topological polar surface area (TPSA) is 54.0 Å². The van der Waals surface area contributed by atoms with Crippen LogP contribution in [0.15, 0.2) is 38.0 Å². The van der Waals surface area contributed by atoms with Crippen molar-refractivity contribution in [2.75, 3.05) is 39.8 Å². The van der Waals surface area contributed by atoms with E-state index < -0.39 is 11.4 Å². The summed E-state index contributed by atoms with van der Waals surface area (Å²) in [5.41, 5.74) is -0.858. The zero-order valence-corrected chi connectivity index (χ0v) is 12.8. The molecule has 0 fully saturated rings. The predicted molar refractivity (Wildman–Crippen MR) is 81.9 cm³/mol. The molecule has 0 aromatic heterocycles. The molecule has 5 heteroatoms. The van der Waals surface area contributed by atoms with E-state index in [0.29, 0.717) is 26.2 Å². The minimum absolute atomic E-state index is 0.116. The van der Waals surface area contributed by atoms with E-state index in [1.54, 1.807) is 18.2 Å². The SMILES string of the molecule is C=CCOCOC(=O)C(CC)(COCC=C)COCC=C. The molecule has 0 rings (SSSR count). The fourth-order valence-electron chi connectivity index (χ4n) is 1.56. The number of ether oxygens (including phenoxy) is 4. The standard InChI is InChI=1S/C16H26O5/c1-5-9-18-12-16(8-4,13-19-10-6-2)15(17)21-14-20-11-7-3/h5-7H,1-3,8-14H2,4H3. The Kier molecular flexibility index (Phi) is 11.5. The van der Waals surface area contributed by atoms with E-state index in [2.05, 4.69) is 19.7 Å². The van der Waals surface area contributed by atoms with E-state index >= 15 is 0 Å². The van der Waals surface area contributed by atoms with Crippen molar-refractivity contribution in [3.8, 4) is 0 Å². The van der Waals surface area contributed by atoms with E-state index in [-0.39, 0.29) is 20.0 Å². The van der Waals surface area contributed by atoms with Gasteiger partial charge in [0.1, 0.15) is 5.41 Å². The summed E-state index contributed by atoms with van der Waals surface area (Å²) < 4.78 is 21.1. The molecule has 0 saturated heterocycles. The molecule has 21 heavy (non-hydrogen) atoms. The number of hydrogen-bond acceptors (Lipinski definition) is 5. The largest absolute Gasteiger partial charge is 0.438 e. The molecule has 0 amide bonds. The van der Waals surface area contributed by atoms with Gasteiger partial charge in [-0.1, -0.05) is 25.2 Å². The Labute approximate surface area is 127 Å². The van der Waals surface area contributed by atoms with E-state index in [1.165, 1.54) is 0 Å². The second-order valence-corrected chi connectivity index (χ2v) is 4.45. The zero-order chi connectivity index (χ0) is 16.0. The molecule has 0 aliphatic rings. The summed E-state index contributed by atoms with van der Waals surface area (Å²) in [6.45, 7) is 13.9. The van der Waals surface area contributed by atoms with Crippen LogP contribution in [-0.2, 0) is 23.7 Å². The monoisotopic (exact) mass is 298 g/mol. The number of carbonyl (C=O) groups is 1. The third-order valence-corrected chi connectivity index (χ3v) is 2.85. The maximum Gasteiger partial charge on any atom is 0.318 e. The number of carbonyl (C=O) groups excluding carboxylic acids is 1. The van der Waals surface area contributed by atoms with Crippen molar-refractivity contribution in [2.24, 2.45) is 5.41 Å². The van der Waals surface area contributed by atoms with Gasteiger partial charge in [0.15, 0.2) is 6.79 Å². The predicted octanol–water partition coefficient (Wildman–Crippen LogP) is 2.49. The molecule has 0 aromatic rings. The molecular formula is C16H26O5. The van der Waals surface area contributed by atoms with Gasteiger partial charge in [-0.05, 0) is 6.42 Å². The van der Waals surface area contributed by atoms with E-state index in [0.717, 1.165) is 0 Å². The van der Waals surface area contributed by atoms with Crippen molar-refractivity contribution in [1.82, 2.24) is 0 Å². The summed E-state index contributed by atoms with van der Waals surface area (Å²) >= 11 is 0. The average molecular weight is 298 g/mol. The van der Waals surface area contributed by atoms with Gasteiger partial charge >= 0.3 is 5.97 Å². The smallest absolute Gasteiger partial charge is 0.318 e. The van der Waals surface area contributed by atoms with Crippen LogP contribution in [-0.4, -0.2) is 45.8 Å². The maximum atomic E-state index is 12.3. The summed E-state index contributed by atoms with van der Waals surface area (Å²) in [7, 11) is 0. The molecule has 5 nitrogen and oxygen atoms in total. The van der Waals surface area contributed by atoms with Crippen molar-refractivity contribution >= 4 is 5.97 Å². The van der Waals surface area contributed by atoms with E-state index in [9.17, 15) is 4.79 Å². The number of hydrogen-bond donors (Lipinski definition) is 0. The molecule has 0 unspecified atom stereocenters. The molecule has 0 spiro atoms. The van der Waals surface area contributed by atoms with Crippen molar-refractivity contribution in [2.45, 2.75) is 13.3 Å². The van der Waals surface area contributed by atoms with Gasteiger partial charge in [-0.25, -0.2) is 0 Å². The summed E-state index contributed by atoms with van der Waals surface area (Å²) in [4.78, 5) is 12.3. The summed E-state index contributed by atoms with van der Waals surface area (Å²) in [6, 6.07) is 0. The second-order valence-electron chi connectivity index (χ2n) is 4.45. The quantitative estimate of drug-likeness (QED) is 0.213. The van der Waals surface area contributed by atoms with Crippen LogP contribution >= 0.6 is 0 Å². The molecule has 120 valence electrons. The normalized spacial score (nSPS) is 10.9. The van der Waals surface area contributed by atoms with Gasteiger partial charge in [0.25, 0.3) is 0 Å². The molecule has 0 bridgehead atoms. The van der Waals surface area contributed by atoms with Crippen LogP contribution < -0.4 is 0 Å². The van der Waals surface area contributed by atoms with Crippen LogP contribution in [0, 0.1) is 5.41 Å². The molecule has 0 heterocycles. The van der Waals surface area contributed by atoms with Crippen LogP contribution in [0.4, 0.5) is 0 Å². The Morgan fingerprint density at radius 3 is 1.86 bits per heavy atom. The Bertz CT molecular complexity index is 311. The van der Waals surface area contributed by atoms with Crippen LogP contribution in [0.2, 0.25) is 0 Å². The van der Waals surface area contributed by atoms with Crippen LogP contribution in [0.3, 0.4) is 0 Å². The molecule has 0 aromatic carbocycles. The molecule has 0 aliphatic heterocycles. The molecule has 0 radical (unpaired) electrons. The summed E-state index contributed by atoms with van der Waals surface area (Å²) in [6.07, 6.45) is 5.37. The molecule has 0 atom stereocenters. The van der Waals surface area contributed by atoms with Gasteiger partial charge in [-0.15, -0.1) is 19.7 Å². The second kappa shape index (κ2) is 12.3. The Hall–Kier alpha value is -1.43. The lowest BCUT2D eigenvalue weighted by Gasteiger charge is -2.29. The third kappa shape index (κ3) is 7.80. The fraction of sp³-hybridized carbons (Fsp3) is 0.562. The minimum Gasteiger partial charge on any atom is -0.438 e. The van der Waals surface area contributed by atoms with Crippen LogP contribution in [0.5, 0.6) is 0 Å². The third-order valence-electron chi connectivity index (χ3n) is 2.85. The highest BCUT2D eigenvalue weighted by Gasteiger charge is 2.39. The first-order chi connectivity index (χ1) is 10.2. The minimum atomic E-state index is -0.858. The van der Waals surface area contributed by atoms with Gasteiger partial charge < -0.3 is 18.9 Å². The van der Waals surface area contributed by atoms with Gasteiger partial charge in [-0.3, -0.25) is 4.79 Å². The van der Waals surface area contributed by atoms with Crippen molar-refractivity contribution in [3.05, 3.63) is 38.0 Å². The fourth-order valence-corrected chi connectivity index (χ4v) is 1.56. The highest BCUT2D eigenvalue weighted by Crippen LogP contribution is 2.25. The van der Waals surface area contributed by atoms with Crippen molar-refractivity contribution in [1.29, 1.82) is 0 Å². The van der Waals surface area contributed by atoms with Crippen LogP contribution in [0.1, 0.15) is 13.3 Å². The lowest BCUT2D eigenvalue weighted by molar-refractivity contribution is -0.176. The Morgan fingerprint density at radius 2 is 1.43 bits per heavy atom. The number of rotatable bonds is 14. The van der Waals surface area contributed by atoms with Gasteiger partial charge in [-0.2, -0.15) is 0 Å². The Morgan fingerprint density at radius 1 is 0.952 bits per heavy atom. The maximum absolute atomic E-state index is 12.3. The molecule has 0 saturated carbocycles. The molecule has 0 aliphatic carbocycles. The van der Waals surface area contributed by atoms with Gasteiger partial charge in [0.05, 0.1) is 33.0 Å². The zero-order valence-electron chi connectivity index (χ0n) is 12.8. The van der Waals surface area contributed by atoms with Gasteiger partial charge in [0.2, 0.25) is 0 Å². The summed E-state index contributed by atoms with van der Waals surface area (Å²) in [5.74, 6) is -0.401. The molecular weight excluding hydrogens is 272 g/mol. The average Bonchev–Trinajstić information content (AvgIpc) is 2.50. The van der Waals surface area contributed by atoms with Gasteiger partial charge in [0, 0.05) is 0 Å². The van der Waals surface area contributed by atoms with Crippen molar-refractivity contribution < 1.29 is 23.7 Å². The summed E-state index contributed by atoms with van der Waals surface area (Å²) in [5, 5.41) is 0. The highest BCUT2D eigenvalue weighted by atomic mass is 16.7. The highest BCUT2D eigenvalue weighted by molar-refractivity contribution is 5.77. The first-order valence-corrected chi connectivity index (χ1v) is 6.90. The first-order valence-electron chi connectivity index (χ1n) is 6.90. The lowest BCUT2D eigenvalue weighted by Crippen LogP contribution is -2.41. The lowest BCUT2D eigenvalue weighted by atomic mass is 9.87. The van der Waals surface area contributed by atoms with E-state index in [4.69, 9.17) is 18.9 Å². The molecule has 0 N–H and O–H groups in total. The first kappa shape index (κ1) is 19.6. The van der Waals surface area contributed by atoms with E-state index in [1.807, 2.05) is 6.92 Å². The number of esters is 1. The van der Waals surface area contributed by atoms with Crippen molar-refractivity contribution in [3.63, 3.8) is 0 Å². The Balaban J connectivity index is 4.62.